The normalized spacial score (nSPS) is 23.6. The Kier molecular flexibility index (Phi) is 5.55. The molecule has 1 aromatic carbocycles. The zero-order valence-corrected chi connectivity index (χ0v) is 14.1. The first-order valence-electron chi connectivity index (χ1n) is 8.94. The molecule has 0 saturated carbocycles. The number of nitrogens with one attached hydrogen (secondary N) is 1. The molecule has 2 fully saturated rings. The molecule has 1 aromatic rings. The maximum Gasteiger partial charge on any atom is 0.222 e. The first-order chi connectivity index (χ1) is 11.2. The van der Waals surface area contributed by atoms with Gasteiger partial charge in [-0.3, -0.25) is 4.79 Å². The van der Waals surface area contributed by atoms with Gasteiger partial charge < -0.3 is 15.0 Å². The van der Waals surface area contributed by atoms with Crippen molar-refractivity contribution in [2.75, 3.05) is 19.7 Å². The van der Waals surface area contributed by atoms with Crippen molar-refractivity contribution in [1.29, 1.82) is 0 Å². The van der Waals surface area contributed by atoms with Gasteiger partial charge in [0.05, 0.1) is 6.61 Å². The number of carbonyl (C=O) groups excluding carboxylic acids is 1. The molecule has 2 aliphatic rings. The molecule has 2 saturated heterocycles. The van der Waals surface area contributed by atoms with Crippen molar-refractivity contribution in [3.05, 3.63) is 29.8 Å². The highest BCUT2D eigenvalue weighted by atomic mass is 16.5. The fraction of sp³-hybridized carbons (Fsp3) is 0.632. The highest BCUT2D eigenvalue weighted by Gasteiger charge is 2.30. The molecule has 2 bridgehead atoms. The molecule has 3 rings (SSSR count). The largest absolute Gasteiger partial charge is 0.494 e. The summed E-state index contributed by atoms with van der Waals surface area (Å²) in [6.45, 7) is 4.57. The molecule has 2 aliphatic heterocycles. The van der Waals surface area contributed by atoms with Crippen LogP contribution >= 0.6 is 0 Å². The predicted octanol–water partition coefficient (Wildman–Crippen LogP) is 2.90. The van der Waals surface area contributed by atoms with Crippen molar-refractivity contribution in [3.8, 4) is 5.75 Å². The zero-order valence-electron chi connectivity index (χ0n) is 14.1. The molecule has 2 unspecified atom stereocenters. The lowest BCUT2D eigenvalue weighted by Gasteiger charge is -2.24. The molecule has 0 aromatic heterocycles. The van der Waals surface area contributed by atoms with E-state index in [1.54, 1.807) is 0 Å². The minimum atomic E-state index is 0.315. The van der Waals surface area contributed by atoms with Crippen LogP contribution in [0.2, 0.25) is 0 Å². The summed E-state index contributed by atoms with van der Waals surface area (Å²) in [6, 6.07) is 9.27. The molecule has 1 N–H and O–H groups in total. The summed E-state index contributed by atoms with van der Waals surface area (Å²) in [5.41, 5.74) is 1.21. The number of carbonyl (C=O) groups is 1. The number of ether oxygens (including phenoxy) is 1. The van der Waals surface area contributed by atoms with Crippen LogP contribution in [0.5, 0.6) is 5.75 Å². The predicted molar refractivity (Wildman–Crippen MR) is 91.7 cm³/mol. The van der Waals surface area contributed by atoms with Crippen LogP contribution in [0.15, 0.2) is 24.3 Å². The number of rotatable bonds is 6. The fourth-order valence-corrected chi connectivity index (χ4v) is 3.60. The van der Waals surface area contributed by atoms with E-state index in [-0.39, 0.29) is 0 Å². The van der Waals surface area contributed by atoms with E-state index in [2.05, 4.69) is 23.2 Å². The summed E-state index contributed by atoms with van der Waals surface area (Å²) in [4.78, 5) is 14.4. The van der Waals surface area contributed by atoms with Gasteiger partial charge in [-0.15, -0.1) is 0 Å². The van der Waals surface area contributed by atoms with Gasteiger partial charge in [0.1, 0.15) is 5.75 Å². The summed E-state index contributed by atoms with van der Waals surface area (Å²) in [7, 11) is 0. The van der Waals surface area contributed by atoms with E-state index in [9.17, 15) is 4.79 Å². The molecular weight excluding hydrogens is 288 g/mol. The van der Waals surface area contributed by atoms with Gasteiger partial charge in [0.25, 0.3) is 0 Å². The Labute approximate surface area is 139 Å². The van der Waals surface area contributed by atoms with E-state index in [1.165, 1.54) is 18.4 Å². The second kappa shape index (κ2) is 7.82. The maximum atomic E-state index is 12.4. The summed E-state index contributed by atoms with van der Waals surface area (Å²) >= 11 is 0. The van der Waals surface area contributed by atoms with Crippen molar-refractivity contribution in [1.82, 2.24) is 10.2 Å². The molecule has 0 spiro atoms. The highest BCUT2D eigenvalue weighted by molar-refractivity contribution is 5.76. The van der Waals surface area contributed by atoms with Crippen LogP contribution in [0.4, 0.5) is 0 Å². The summed E-state index contributed by atoms with van der Waals surface area (Å²) < 4.78 is 5.74. The van der Waals surface area contributed by atoms with E-state index >= 15 is 0 Å². The SMILES string of the molecule is Cc1cccc(OCCCCC(=O)N2CCC3CCC(C2)N3)c1. The lowest BCUT2D eigenvalue weighted by atomic mass is 10.1. The van der Waals surface area contributed by atoms with Crippen LogP contribution in [0, 0.1) is 6.92 Å². The number of likely N-dealkylation sites (tertiary alicyclic amines) is 1. The summed E-state index contributed by atoms with van der Waals surface area (Å²) in [6.07, 6.45) is 6.09. The Morgan fingerprint density at radius 3 is 3.00 bits per heavy atom. The molecule has 4 nitrogen and oxygen atoms in total. The first-order valence-corrected chi connectivity index (χ1v) is 8.94. The van der Waals surface area contributed by atoms with Crippen molar-refractivity contribution >= 4 is 5.91 Å². The van der Waals surface area contributed by atoms with Crippen molar-refractivity contribution in [2.24, 2.45) is 0 Å². The standard InChI is InChI=1S/C19H28N2O2/c1-15-5-4-6-18(13-15)23-12-3-2-7-19(22)21-11-10-16-8-9-17(14-21)20-16/h4-6,13,16-17,20H,2-3,7-12,14H2,1H3. The quantitative estimate of drug-likeness (QED) is 0.821. The number of nitrogens with zero attached hydrogens (tertiary/aromatic N) is 1. The molecule has 2 heterocycles. The Hall–Kier alpha value is -1.55. The summed E-state index contributed by atoms with van der Waals surface area (Å²) in [5, 5.41) is 3.62. The van der Waals surface area contributed by atoms with E-state index in [0.717, 1.165) is 38.1 Å². The zero-order chi connectivity index (χ0) is 16.1. The molecule has 4 heteroatoms. The van der Waals surface area contributed by atoms with Crippen molar-refractivity contribution in [3.63, 3.8) is 0 Å². The van der Waals surface area contributed by atoms with Crippen LogP contribution in [0.25, 0.3) is 0 Å². The van der Waals surface area contributed by atoms with Crippen LogP contribution < -0.4 is 10.1 Å². The average molecular weight is 316 g/mol. The van der Waals surface area contributed by atoms with Gasteiger partial charge in [0, 0.05) is 31.6 Å². The minimum absolute atomic E-state index is 0.315. The number of benzene rings is 1. The summed E-state index contributed by atoms with van der Waals surface area (Å²) in [5.74, 6) is 1.24. The van der Waals surface area contributed by atoms with Gasteiger partial charge in [-0.2, -0.15) is 0 Å². The third-order valence-corrected chi connectivity index (χ3v) is 4.92. The van der Waals surface area contributed by atoms with Crippen LogP contribution in [0.3, 0.4) is 0 Å². The Bertz CT molecular complexity index is 532. The van der Waals surface area contributed by atoms with Gasteiger partial charge in [0.15, 0.2) is 0 Å². The van der Waals surface area contributed by atoms with Crippen LogP contribution in [-0.4, -0.2) is 42.6 Å². The van der Waals surface area contributed by atoms with Crippen LogP contribution in [0.1, 0.15) is 44.1 Å². The molecular formula is C19H28N2O2. The Morgan fingerprint density at radius 2 is 2.13 bits per heavy atom. The molecule has 126 valence electrons. The third kappa shape index (κ3) is 4.71. The second-order valence-corrected chi connectivity index (χ2v) is 6.89. The first kappa shape index (κ1) is 16.3. The lowest BCUT2D eigenvalue weighted by molar-refractivity contribution is -0.131. The van der Waals surface area contributed by atoms with Gasteiger partial charge in [-0.25, -0.2) is 0 Å². The van der Waals surface area contributed by atoms with Gasteiger partial charge >= 0.3 is 0 Å². The van der Waals surface area contributed by atoms with Gasteiger partial charge in [-0.1, -0.05) is 12.1 Å². The molecule has 0 radical (unpaired) electrons. The van der Waals surface area contributed by atoms with Crippen molar-refractivity contribution in [2.45, 2.75) is 57.5 Å². The lowest BCUT2D eigenvalue weighted by Crippen LogP contribution is -2.38. The maximum absolute atomic E-state index is 12.4. The second-order valence-electron chi connectivity index (χ2n) is 6.89. The van der Waals surface area contributed by atoms with Crippen molar-refractivity contribution < 1.29 is 9.53 Å². The smallest absolute Gasteiger partial charge is 0.222 e. The number of hydrogen-bond acceptors (Lipinski definition) is 3. The van der Waals surface area contributed by atoms with E-state index < -0.39 is 0 Å². The number of fused-ring (bicyclic) bond motifs is 2. The Morgan fingerprint density at radius 1 is 1.26 bits per heavy atom. The fourth-order valence-electron chi connectivity index (χ4n) is 3.60. The van der Waals surface area contributed by atoms with E-state index in [4.69, 9.17) is 4.74 Å². The Balaban J connectivity index is 1.33. The number of unbranched alkanes of at least 4 members (excludes halogenated alkanes) is 1. The number of aryl methyl sites for hydroxylation is 1. The van der Waals surface area contributed by atoms with Crippen LogP contribution in [-0.2, 0) is 4.79 Å². The van der Waals surface area contributed by atoms with Gasteiger partial charge in [0.2, 0.25) is 5.91 Å². The molecule has 2 atom stereocenters. The number of amides is 1. The van der Waals surface area contributed by atoms with Gasteiger partial charge in [-0.05, 0) is 56.7 Å². The molecule has 23 heavy (non-hydrogen) atoms. The minimum Gasteiger partial charge on any atom is -0.494 e. The average Bonchev–Trinajstić information content (AvgIpc) is 2.86. The highest BCUT2D eigenvalue weighted by Crippen LogP contribution is 2.21. The third-order valence-electron chi connectivity index (χ3n) is 4.92. The molecule has 0 aliphatic carbocycles. The monoisotopic (exact) mass is 316 g/mol. The molecule has 1 amide bonds. The van der Waals surface area contributed by atoms with E-state index in [0.29, 0.717) is 31.0 Å². The number of hydrogen-bond donors (Lipinski definition) is 1. The topological polar surface area (TPSA) is 41.6 Å². The van der Waals surface area contributed by atoms with E-state index in [1.807, 2.05) is 18.2 Å².